The normalized spacial score (nSPS) is 16.0. The van der Waals surface area contributed by atoms with E-state index in [1.165, 1.54) is 0 Å². The Kier molecular flexibility index (Phi) is 6.85. The third kappa shape index (κ3) is 5.19. The molecule has 1 aromatic heterocycles. The van der Waals surface area contributed by atoms with E-state index in [0.29, 0.717) is 13.2 Å². The van der Waals surface area contributed by atoms with Gasteiger partial charge in [-0.1, -0.05) is 0 Å². The Bertz CT molecular complexity index is 670. The van der Waals surface area contributed by atoms with Crippen molar-refractivity contribution in [1.29, 1.82) is 0 Å². The molecule has 2 N–H and O–H groups in total. The molecule has 26 heavy (non-hydrogen) atoms. The van der Waals surface area contributed by atoms with Crippen LogP contribution in [0.5, 0.6) is 5.75 Å². The number of carbonyl (C=O) groups is 1. The Labute approximate surface area is 158 Å². The molecule has 0 bridgehead atoms. The van der Waals surface area contributed by atoms with Gasteiger partial charge >= 0.3 is 6.03 Å². The molecule has 2 amide bonds. The van der Waals surface area contributed by atoms with Crippen molar-refractivity contribution >= 4 is 23.5 Å². The Morgan fingerprint density at radius 3 is 2.69 bits per heavy atom. The lowest BCUT2D eigenvalue weighted by Crippen LogP contribution is -2.42. The summed E-state index contributed by atoms with van der Waals surface area (Å²) in [6.07, 6.45) is 1.68. The summed E-state index contributed by atoms with van der Waals surface area (Å²) in [4.78, 5) is 14.6. The summed E-state index contributed by atoms with van der Waals surface area (Å²) in [5, 5.41) is 5.82. The molecule has 3 rings (SSSR count). The van der Waals surface area contributed by atoms with Crippen LogP contribution in [-0.2, 0) is 0 Å². The molecule has 1 saturated heterocycles. The van der Waals surface area contributed by atoms with E-state index in [1.807, 2.05) is 55.1 Å². The zero-order chi connectivity index (χ0) is 18.2. The lowest BCUT2D eigenvalue weighted by molar-refractivity contribution is 0.187. The van der Waals surface area contributed by atoms with Crippen LogP contribution in [0.4, 0.5) is 10.5 Å². The number of furan rings is 1. The highest BCUT2D eigenvalue weighted by molar-refractivity contribution is 7.99. The number of nitrogens with zero attached hydrogens (tertiary/aromatic N) is 1. The van der Waals surface area contributed by atoms with Gasteiger partial charge in [-0.2, -0.15) is 11.8 Å². The molecule has 1 unspecified atom stereocenters. The number of nitrogens with one attached hydrogen (secondary N) is 2. The van der Waals surface area contributed by atoms with Crippen LogP contribution < -0.4 is 15.4 Å². The second-order valence-electron chi connectivity index (χ2n) is 5.97. The quantitative estimate of drug-likeness (QED) is 0.774. The standard InChI is InChI=1S/C19H25N3O3S/c1-2-24-16-7-5-15(6-8-16)21-19(23)20-14-17(18-4-3-11-25-18)22-9-12-26-13-10-22/h3-8,11,17H,2,9-10,12-14H2,1H3,(H2,20,21,23). The minimum absolute atomic E-state index is 0.0528. The predicted octanol–water partition coefficient (Wildman–Crippen LogP) is 3.59. The van der Waals surface area contributed by atoms with E-state index < -0.39 is 0 Å². The topological polar surface area (TPSA) is 66.7 Å². The number of thioether (sulfide) groups is 1. The van der Waals surface area contributed by atoms with Crippen molar-refractivity contribution in [3.8, 4) is 5.75 Å². The first-order chi connectivity index (χ1) is 12.8. The van der Waals surface area contributed by atoms with Crippen LogP contribution in [0.25, 0.3) is 0 Å². The van der Waals surface area contributed by atoms with E-state index in [0.717, 1.165) is 41.8 Å². The Morgan fingerprint density at radius 1 is 1.27 bits per heavy atom. The fraction of sp³-hybridized carbons (Fsp3) is 0.421. The second-order valence-corrected chi connectivity index (χ2v) is 7.20. The summed E-state index contributed by atoms with van der Waals surface area (Å²) >= 11 is 1.96. The molecule has 0 aliphatic carbocycles. The molecule has 1 aliphatic heterocycles. The number of benzene rings is 1. The van der Waals surface area contributed by atoms with Gasteiger partial charge in [0.25, 0.3) is 0 Å². The van der Waals surface area contributed by atoms with Crippen LogP contribution in [0.3, 0.4) is 0 Å². The van der Waals surface area contributed by atoms with E-state index in [4.69, 9.17) is 9.15 Å². The third-order valence-corrected chi connectivity index (χ3v) is 5.18. The van der Waals surface area contributed by atoms with Crippen LogP contribution in [0, 0.1) is 0 Å². The molecule has 1 atom stereocenters. The Hall–Kier alpha value is -2.12. The van der Waals surface area contributed by atoms with Gasteiger partial charge < -0.3 is 19.8 Å². The molecule has 2 heterocycles. The van der Waals surface area contributed by atoms with E-state index in [-0.39, 0.29) is 12.1 Å². The number of ether oxygens (including phenoxy) is 1. The van der Waals surface area contributed by atoms with Gasteiger partial charge in [-0.05, 0) is 43.3 Å². The van der Waals surface area contributed by atoms with Gasteiger partial charge in [0.1, 0.15) is 11.5 Å². The summed E-state index contributed by atoms with van der Waals surface area (Å²) in [6, 6.07) is 11.0. The molecule has 6 nitrogen and oxygen atoms in total. The fourth-order valence-corrected chi connectivity index (χ4v) is 3.88. The first-order valence-electron chi connectivity index (χ1n) is 8.89. The number of hydrogen-bond acceptors (Lipinski definition) is 5. The summed E-state index contributed by atoms with van der Waals surface area (Å²) in [5.41, 5.74) is 0.731. The smallest absolute Gasteiger partial charge is 0.319 e. The van der Waals surface area contributed by atoms with Gasteiger partial charge in [0.15, 0.2) is 0 Å². The fourth-order valence-electron chi connectivity index (χ4n) is 2.95. The van der Waals surface area contributed by atoms with Crippen LogP contribution in [0.1, 0.15) is 18.7 Å². The van der Waals surface area contributed by atoms with Crippen LogP contribution in [0.2, 0.25) is 0 Å². The molecule has 7 heteroatoms. The molecule has 140 valence electrons. The second kappa shape index (κ2) is 9.54. The highest BCUT2D eigenvalue weighted by Crippen LogP contribution is 2.24. The SMILES string of the molecule is CCOc1ccc(NC(=O)NCC(c2ccco2)N2CCSCC2)cc1. The van der Waals surface area contributed by atoms with Crippen molar-refractivity contribution in [2.45, 2.75) is 13.0 Å². The van der Waals surface area contributed by atoms with Crippen molar-refractivity contribution in [3.05, 3.63) is 48.4 Å². The number of rotatable bonds is 7. The number of carbonyl (C=O) groups excluding carboxylic acids is 1. The summed E-state index contributed by atoms with van der Waals surface area (Å²) in [5.74, 6) is 3.89. The predicted molar refractivity (Wildman–Crippen MR) is 105 cm³/mol. The van der Waals surface area contributed by atoms with E-state index in [9.17, 15) is 4.79 Å². The first kappa shape index (κ1) is 18.7. The van der Waals surface area contributed by atoms with E-state index >= 15 is 0 Å². The van der Waals surface area contributed by atoms with Crippen LogP contribution >= 0.6 is 11.8 Å². The maximum Gasteiger partial charge on any atom is 0.319 e. The maximum absolute atomic E-state index is 12.3. The van der Waals surface area contributed by atoms with Gasteiger partial charge in [-0.25, -0.2) is 4.79 Å². The summed E-state index contributed by atoms with van der Waals surface area (Å²) < 4.78 is 11.0. The van der Waals surface area contributed by atoms with Crippen molar-refractivity contribution in [1.82, 2.24) is 10.2 Å². The van der Waals surface area contributed by atoms with Crippen molar-refractivity contribution < 1.29 is 13.9 Å². The lowest BCUT2D eigenvalue weighted by Gasteiger charge is -2.33. The molecular weight excluding hydrogens is 350 g/mol. The Morgan fingerprint density at radius 2 is 2.04 bits per heavy atom. The molecule has 0 radical (unpaired) electrons. The molecule has 1 fully saturated rings. The molecule has 0 saturated carbocycles. The van der Waals surface area contributed by atoms with Gasteiger partial charge in [0.2, 0.25) is 0 Å². The monoisotopic (exact) mass is 375 g/mol. The van der Waals surface area contributed by atoms with Crippen molar-refractivity contribution in [3.63, 3.8) is 0 Å². The first-order valence-corrected chi connectivity index (χ1v) is 10.0. The minimum atomic E-state index is -0.225. The van der Waals surface area contributed by atoms with Gasteiger partial charge in [0, 0.05) is 36.8 Å². The minimum Gasteiger partial charge on any atom is -0.494 e. The van der Waals surface area contributed by atoms with Crippen LogP contribution in [-0.4, -0.2) is 48.7 Å². The average molecular weight is 375 g/mol. The zero-order valence-corrected chi connectivity index (χ0v) is 15.8. The highest BCUT2D eigenvalue weighted by Gasteiger charge is 2.25. The zero-order valence-electron chi connectivity index (χ0n) is 14.9. The summed E-state index contributed by atoms with van der Waals surface area (Å²) in [7, 11) is 0. The van der Waals surface area contributed by atoms with Gasteiger partial charge in [-0.3, -0.25) is 4.90 Å². The van der Waals surface area contributed by atoms with E-state index in [2.05, 4.69) is 15.5 Å². The number of hydrogen-bond donors (Lipinski definition) is 2. The summed E-state index contributed by atoms with van der Waals surface area (Å²) in [6.45, 7) is 5.06. The maximum atomic E-state index is 12.3. The number of anilines is 1. The lowest BCUT2D eigenvalue weighted by atomic mass is 10.2. The van der Waals surface area contributed by atoms with E-state index in [1.54, 1.807) is 6.26 Å². The molecule has 1 aromatic carbocycles. The van der Waals surface area contributed by atoms with Gasteiger partial charge in [0.05, 0.1) is 18.9 Å². The van der Waals surface area contributed by atoms with Gasteiger partial charge in [-0.15, -0.1) is 0 Å². The Balaban J connectivity index is 1.55. The molecular formula is C19H25N3O3S. The number of amides is 2. The van der Waals surface area contributed by atoms with Crippen molar-refractivity contribution in [2.24, 2.45) is 0 Å². The highest BCUT2D eigenvalue weighted by atomic mass is 32.2. The molecule has 1 aliphatic rings. The third-order valence-electron chi connectivity index (χ3n) is 4.24. The van der Waals surface area contributed by atoms with Crippen molar-refractivity contribution in [2.75, 3.05) is 43.1 Å². The average Bonchev–Trinajstić information content (AvgIpc) is 3.19. The molecule has 0 spiro atoms. The number of urea groups is 1. The largest absolute Gasteiger partial charge is 0.494 e. The van der Waals surface area contributed by atoms with Crippen LogP contribution in [0.15, 0.2) is 47.1 Å². The molecule has 2 aromatic rings.